The lowest BCUT2D eigenvalue weighted by Crippen LogP contribution is -2.06. The molecule has 0 atom stereocenters. The average Bonchev–Trinajstić information content (AvgIpc) is 2.71. The van der Waals surface area contributed by atoms with Gasteiger partial charge in [-0.2, -0.15) is 0 Å². The Morgan fingerprint density at radius 2 is 1.33 bits per heavy atom. The summed E-state index contributed by atoms with van der Waals surface area (Å²) in [6.45, 7) is 1.99. The van der Waals surface area contributed by atoms with Crippen LogP contribution in [-0.4, -0.2) is 34.2 Å². The summed E-state index contributed by atoms with van der Waals surface area (Å²) in [6, 6.07) is 12.7. The molecule has 3 rings (SSSR count). The van der Waals surface area contributed by atoms with E-state index < -0.39 is 0 Å². The van der Waals surface area contributed by atoms with Crippen LogP contribution in [0, 0.1) is 6.92 Å². The molecule has 0 aliphatic rings. The third kappa shape index (κ3) is 3.16. The number of hydrogen-bond acceptors (Lipinski definition) is 5. The topological polar surface area (TPSA) is 54.0 Å². The van der Waals surface area contributed by atoms with Crippen molar-refractivity contribution in [2.24, 2.45) is 0 Å². The van der Waals surface area contributed by atoms with Crippen LogP contribution in [0.2, 0.25) is 0 Å². The number of rotatable bonds is 6. The molecule has 0 unspecified atom stereocenters. The predicted octanol–water partition coefficient (Wildman–Crippen LogP) is 4.41. The van der Waals surface area contributed by atoms with Gasteiger partial charge >= 0.3 is 0 Å². The van der Waals surface area contributed by atoms with Crippen LogP contribution in [0.4, 0.5) is 0 Å². The normalized spacial score (nSPS) is 10.6. The number of methoxy groups -OCH3 is 4. The van der Waals surface area contributed by atoms with E-state index in [-0.39, 0.29) is 5.78 Å². The number of aryl methyl sites for hydroxylation is 1. The van der Waals surface area contributed by atoms with Gasteiger partial charge in [0.2, 0.25) is 0 Å². The van der Waals surface area contributed by atoms with Gasteiger partial charge in [-0.1, -0.05) is 18.2 Å². The van der Waals surface area contributed by atoms with E-state index in [1.54, 1.807) is 39.5 Å². The maximum Gasteiger partial charge on any atom is 0.197 e. The lowest BCUT2D eigenvalue weighted by atomic mass is 9.94. The highest BCUT2D eigenvalue weighted by molar-refractivity contribution is 6.18. The number of ether oxygens (including phenoxy) is 4. The first kappa shape index (κ1) is 18.6. The second kappa shape index (κ2) is 7.58. The Morgan fingerprint density at radius 1 is 0.704 bits per heavy atom. The van der Waals surface area contributed by atoms with Crippen molar-refractivity contribution in [3.8, 4) is 23.0 Å². The maximum atomic E-state index is 13.4. The molecule has 0 saturated heterocycles. The average molecular weight is 366 g/mol. The van der Waals surface area contributed by atoms with Gasteiger partial charge in [-0.15, -0.1) is 0 Å². The number of carbonyl (C=O) groups is 1. The number of ketones is 1. The minimum Gasteiger partial charge on any atom is -0.493 e. The molecule has 27 heavy (non-hydrogen) atoms. The van der Waals surface area contributed by atoms with Gasteiger partial charge in [0.15, 0.2) is 28.8 Å². The molecule has 5 heteroatoms. The fourth-order valence-corrected chi connectivity index (χ4v) is 3.22. The standard InChI is InChI=1S/C22H22O5/c1-13-9-10-14(17-12-20(26-4)19(25-3)11-16(13)17)21(23)15-7-6-8-18(24-2)22(15)27-5/h6-12H,1-5H3. The van der Waals surface area contributed by atoms with Gasteiger partial charge in [0.05, 0.1) is 34.0 Å². The summed E-state index contributed by atoms with van der Waals surface area (Å²) >= 11 is 0. The van der Waals surface area contributed by atoms with Crippen molar-refractivity contribution in [1.82, 2.24) is 0 Å². The highest BCUT2D eigenvalue weighted by Gasteiger charge is 2.21. The summed E-state index contributed by atoms with van der Waals surface area (Å²) in [5, 5.41) is 1.72. The number of carbonyl (C=O) groups excluding carboxylic acids is 1. The van der Waals surface area contributed by atoms with Crippen LogP contribution in [0.3, 0.4) is 0 Å². The molecule has 0 spiro atoms. The predicted molar refractivity (Wildman–Crippen MR) is 105 cm³/mol. The quantitative estimate of drug-likeness (QED) is 0.605. The Labute approximate surface area is 158 Å². The van der Waals surface area contributed by atoms with Crippen molar-refractivity contribution < 1.29 is 23.7 Å². The maximum absolute atomic E-state index is 13.4. The fraction of sp³-hybridized carbons (Fsp3) is 0.227. The molecule has 0 fully saturated rings. The van der Waals surface area contributed by atoms with Crippen LogP contribution in [0.15, 0.2) is 42.5 Å². The van der Waals surface area contributed by atoms with E-state index >= 15 is 0 Å². The van der Waals surface area contributed by atoms with Gasteiger partial charge in [-0.3, -0.25) is 4.79 Å². The Hall–Kier alpha value is -3.21. The lowest BCUT2D eigenvalue weighted by Gasteiger charge is -2.15. The fourth-order valence-electron chi connectivity index (χ4n) is 3.22. The lowest BCUT2D eigenvalue weighted by molar-refractivity contribution is 0.103. The van der Waals surface area contributed by atoms with Crippen molar-refractivity contribution in [3.63, 3.8) is 0 Å². The summed E-state index contributed by atoms with van der Waals surface area (Å²) in [7, 11) is 6.24. The Morgan fingerprint density at radius 3 is 1.93 bits per heavy atom. The largest absolute Gasteiger partial charge is 0.493 e. The van der Waals surface area contributed by atoms with Crippen molar-refractivity contribution >= 4 is 16.6 Å². The van der Waals surface area contributed by atoms with E-state index in [9.17, 15) is 4.79 Å². The summed E-state index contributed by atoms with van der Waals surface area (Å²) in [5.74, 6) is 1.97. The van der Waals surface area contributed by atoms with E-state index in [1.807, 2.05) is 31.2 Å². The molecule has 0 saturated carbocycles. The molecule has 0 amide bonds. The molecular weight excluding hydrogens is 344 g/mol. The number of fused-ring (bicyclic) bond motifs is 1. The highest BCUT2D eigenvalue weighted by atomic mass is 16.5. The molecule has 3 aromatic rings. The highest BCUT2D eigenvalue weighted by Crippen LogP contribution is 2.38. The van der Waals surface area contributed by atoms with Crippen LogP contribution in [0.25, 0.3) is 10.8 Å². The van der Waals surface area contributed by atoms with Crippen molar-refractivity contribution in [2.45, 2.75) is 6.92 Å². The third-order valence-corrected chi connectivity index (χ3v) is 4.63. The first-order valence-corrected chi connectivity index (χ1v) is 8.46. The van der Waals surface area contributed by atoms with Crippen LogP contribution in [0.5, 0.6) is 23.0 Å². The van der Waals surface area contributed by atoms with Crippen molar-refractivity contribution in [1.29, 1.82) is 0 Å². The minimum absolute atomic E-state index is 0.150. The van der Waals surface area contributed by atoms with Gasteiger partial charge in [0, 0.05) is 5.56 Å². The Kier molecular flexibility index (Phi) is 5.21. The molecule has 0 N–H and O–H groups in total. The zero-order valence-electron chi connectivity index (χ0n) is 16.1. The van der Waals surface area contributed by atoms with Gasteiger partial charge in [0.1, 0.15) is 0 Å². The molecule has 0 heterocycles. The van der Waals surface area contributed by atoms with Gasteiger partial charge < -0.3 is 18.9 Å². The number of hydrogen-bond donors (Lipinski definition) is 0. The second-order valence-electron chi connectivity index (χ2n) is 6.05. The van der Waals surface area contributed by atoms with E-state index in [0.29, 0.717) is 34.1 Å². The summed E-state index contributed by atoms with van der Waals surface area (Å²) in [4.78, 5) is 13.4. The van der Waals surface area contributed by atoms with Crippen molar-refractivity contribution in [2.75, 3.05) is 28.4 Å². The monoisotopic (exact) mass is 366 g/mol. The molecule has 0 aromatic heterocycles. The summed E-state index contributed by atoms with van der Waals surface area (Å²) < 4.78 is 21.6. The van der Waals surface area contributed by atoms with E-state index in [2.05, 4.69) is 0 Å². The van der Waals surface area contributed by atoms with E-state index in [1.165, 1.54) is 7.11 Å². The molecule has 0 aliphatic heterocycles. The van der Waals surface area contributed by atoms with Gasteiger partial charge in [0.25, 0.3) is 0 Å². The smallest absolute Gasteiger partial charge is 0.197 e. The van der Waals surface area contributed by atoms with Crippen LogP contribution in [0.1, 0.15) is 21.5 Å². The van der Waals surface area contributed by atoms with Gasteiger partial charge in [-0.05, 0) is 47.5 Å². The molecule has 0 radical (unpaired) electrons. The molecule has 5 nitrogen and oxygen atoms in total. The van der Waals surface area contributed by atoms with Crippen LogP contribution >= 0.6 is 0 Å². The molecule has 0 bridgehead atoms. The van der Waals surface area contributed by atoms with E-state index in [0.717, 1.165) is 16.3 Å². The number of benzene rings is 3. The Bertz CT molecular complexity index is 1010. The molecular formula is C22H22O5. The van der Waals surface area contributed by atoms with Crippen LogP contribution in [-0.2, 0) is 0 Å². The van der Waals surface area contributed by atoms with Gasteiger partial charge in [-0.25, -0.2) is 0 Å². The first-order valence-electron chi connectivity index (χ1n) is 8.46. The van der Waals surface area contributed by atoms with Crippen LogP contribution < -0.4 is 18.9 Å². The molecule has 0 aliphatic carbocycles. The molecule has 140 valence electrons. The number of para-hydroxylation sites is 1. The summed E-state index contributed by atoms with van der Waals surface area (Å²) in [5.41, 5.74) is 2.04. The zero-order chi connectivity index (χ0) is 19.6. The zero-order valence-corrected chi connectivity index (χ0v) is 16.1. The first-order chi connectivity index (χ1) is 13.0. The van der Waals surface area contributed by atoms with Crippen molar-refractivity contribution in [3.05, 3.63) is 59.2 Å². The molecule has 3 aromatic carbocycles. The second-order valence-corrected chi connectivity index (χ2v) is 6.05. The minimum atomic E-state index is -0.150. The third-order valence-electron chi connectivity index (χ3n) is 4.63. The SMILES string of the molecule is COc1cc2c(C)ccc(C(=O)c3cccc(OC)c3OC)c2cc1OC. The Balaban J connectivity index is 2.26. The van der Waals surface area contributed by atoms with E-state index in [4.69, 9.17) is 18.9 Å². The summed E-state index contributed by atoms with van der Waals surface area (Å²) in [6.07, 6.45) is 0.